The third-order valence-electron chi connectivity index (χ3n) is 2.79. The molecule has 2 aromatic rings. The van der Waals surface area contributed by atoms with Crippen molar-refractivity contribution in [1.29, 1.82) is 0 Å². The largest absolute Gasteiger partial charge is 0.420 e. The molecule has 0 amide bonds. The van der Waals surface area contributed by atoms with E-state index in [1.165, 1.54) is 12.8 Å². The van der Waals surface area contributed by atoms with Gasteiger partial charge in [-0.25, -0.2) is 0 Å². The van der Waals surface area contributed by atoms with Crippen molar-refractivity contribution >= 4 is 5.69 Å². The van der Waals surface area contributed by atoms with Crippen molar-refractivity contribution in [1.82, 2.24) is 10.2 Å². The van der Waals surface area contributed by atoms with Crippen molar-refractivity contribution in [3.8, 4) is 11.5 Å². The number of anilines is 1. The van der Waals surface area contributed by atoms with E-state index in [0.717, 1.165) is 17.1 Å². The Bertz CT molecular complexity index is 485. The van der Waals surface area contributed by atoms with Crippen LogP contribution in [0, 0.1) is 0 Å². The summed E-state index contributed by atoms with van der Waals surface area (Å²) in [7, 11) is 1.90. The maximum atomic E-state index is 5.62. The van der Waals surface area contributed by atoms with Crippen molar-refractivity contribution in [2.24, 2.45) is 0 Å². The van der Waals surface area contributed by atoms with Crippen LogP contribution in [-0.2, 0) is 0 Å². The molecule has 1 fully saturated rings. The predicted molar refractivity (Wildman–Crippen MR) is 61.3 cm³/mol. The van der Waals surface area contributed by atoms with E-state index in [9.17, 15) is 0 Å². The number of nitrogens with one attached hydrogen (secondary N) is 1. The fourth-order valence-corrected chi connectivity index (χ4v) is 1.63. The van der Waals surface area contributed by atoms with Gasteiger partial charge in [0.1, 0.15) is 0 Å². The van der Waals surface area contributed by atoms with Crippen LogP contribution in [0.15, 0.2) is 28.7 Å². The van der Waals surface area contributed by atoms with Gasteiger partial charge in [-0.3, -0.25) is 0 Å². The van der Waals surface area contributed by atoms with Crippen LogP contribution < -0.4 is 5.32 Å². The molecule has 4 heteroatoms. The molecule has 0 radical (unpaired) electrons. The first-order chi connectivity index (χ1) is 7.86. The number of aromatic nitrogens is 2. The molecule has 3 rings (SSSR count). The summed E-state index contributed by atoms with van der Waals surface area (Å²) in [6, 6.07) is 7.96. The molecule has 1 heterocycles. The molecule has 4 nitrogen and oxygen atoms in total. The monoisotopic (exact) mass is 215 g/mol. The molecule has 0 saturated heterocycles. The number of hydrogen-bond donors (Lipinski definition) is 1. The van der Waals surface area contributed by atoms with E-state index in [2.05, 4.69) is 15.5 Å². The maximum absolute atomic E-state index is 5.62. The molecule has 82 valence electrons. The van der Waals surface area contributed by atoms with Crippen molar-refractivity contribution in [3.63, 3.8) is 0 Å². The van der Waals surface area contributed by atoms with Gasteiger partial charge in [0, 0.05) is 24.2 Å². The highest BCUT2D eigenvalue weighted by Crippen LogP contribution is 2.39. The van der Waals surface area contributed by atoms with Crippen LogP contribution in [0.4, 0.5) is 5.69 Å². The number of nitrogens with zero attached hydrogens (tertiary/aromatic N) is 2. The number of benzene rings is 1. The summed E-state index contributed by atoms with van der Waals surface area (Å²) >= 11 is 0. The lowest BCUT2D eigenvalue weighted by atomic mass is 10.2. The van der Waals surface area contributed by atoms with Gasteiger partial charge in [0.25, 0.3) is 0 Å². The van der Waals surface area contributed by atoms with Crippen LogP contribution >= 0.6 is 0 Å². The Morgan fingerprint density at radius 3 is 2.56 bits per heavy atom. The molecular formula is C12H13N3O. The van der Waals surface area contributed by atoms with Crippen LogP contribution in [0.2, 0.25) is 0 Å². The fourth-order valence-electron chi connectivity index (χ4n) is 1.63. The molecule has 1 aliphatic rings. The van der Waals surface area contributed by atoms with Crippen molar-refractivity contribution in [2.45, 2.75) is 18.8 Å². The summed E-state index contributed by atoms with van der Waals surface area (Å²) in [5.41, 5.74) is 2.05. The SMILES string of the molecule is CNc1ccc(-c2nnc(C3CC3)o2)cc1. The molecule has 0 aliphatic heterocycles. The highest BCUT2D eigenvalue weighted by atomic mass is 16.4. The molecule has 1 aromatic carbocycles. The lowest BCUT2D eigenvalue weighted by molar-refractivity contribution is 0.508. The molecule has 0 unspecified atom stereocenters. The van der Waals surface area contributed by atoms with E-state index >= 15 is 0 Å². The van der Waals surface area contributed by atoms with Crippen molar-refractivity contribution in [3.05, 3.63) is 30.2 Å². The molecule has 16 heavy (non-hydrogen) atoms. The Morgan fingerprint density at radius 2 is 1.94 bits per heavy atom. The maximum Gasteiger partial charge on any atom is 0.247 e. The fraction of sp³-hybridized carbons (Fsp3) is 0.333. The standard InChI is InChI=1S/C12H13N3O/c1-13-10-6-4-9(5-7-10)12-15-14-11(16-12)8-2-3-8/h4-8,13H,2-3H2,1H3. The van der Waals surface area contributed by atoms with Crippen LogP contribution in [0.3, 0.4) is 0 Å². The minimum atomic E-state index is 0.512. The summed E-state index contributed by atoms with van der Waals surface area (Å²) in [4.78, 5) is 0. The van der Waals surface area contributed by atoms with Crippen molar-refractivity contribution < 1.29 is 4.42 Å². The first kappa shape index (κ1) is 9.39. The van der Waals surface area contributed by atoms with Gasteiger partial charge in [-0.05, 0) is 37.1 Å². The van der Waals surface area contributed by atoms with E-state index in [-0.39, 0.29) is 0 Å². The number of rotatable bonds is 3. The lowest BCUT2D eigenvalue weighted by Crippen LogP contribution is -1.86. The second kappa shape index (κ2) is 3.63. The summed E-state index contributed by atoms with van der Waals surface area (Å²) < 4.78 is 5.62. The van der Waals surface area contributed by atoms with Gasteiger partial charge in [-0.15, -0.1) is 10.2 Å². The van der Waals surface area contributed by atoms with E-state index in [1.807, 2.05) is 31.3 Å². The highest BCUT2D eigenvalue weighted by Gasteiger charge is 2.29. The Kier molecular flexibility index (Phi) is 2.13. The Morgan fingerprint density at radius 1 is 1.19 bits per heavy atom. The van der Waals surface area contributed by atoms with Crippen LogP contribution in [0.5, 0.6) is 0 Å². The van der Waals surface area contributed by atoms with Gasteiger partial charge in [-0.2, -0.15) is 0 Å². The summed E-state index contributed by atoms with van der Waals surface area (Å²) in [6.07, 6.45) is 2.36. The average molecular weight is 215 g/mol. The van der Waals surface area contributed by atoms with Gasteiger partial charge in [-0.1, -0.05) is 0 Å². The van der Waals surface area contributed by atoms with Crippen LogP contribution in [0.25, 0.3) is 11.5 Å². The van der Waals surface area contributed by atoms with Gasteiger partial charge >= 0.3 is 0 Å². The zero-order chi connectivity index (χ0) is 11.0. The average Bonchev–Trinajstić information content (AvgIpc) is 3.08. The predicted octanol–water partition coefficient (Wildman–Crippen LogP) is 2.66. The van der Waals surface area contributed by atoms with Gasteiger partial charge in [0.15, 0.2) is 0 Å². The lowest BCUT2D eigenvalue weighted by Gasteiger charge is -1.99. The molecule has 0 bridgehead atoms. The van der Waals surface area contributed by atoms with Crippen molar-refractivity contribution in [2.75, 3.05) is 12.4 Å². The highest BCUT2D eigenvalue weighted by molar-refractivity contribution is 5.58. The van der Waals surface area contributed by atoms with Crippen LogP contribution in [-0.4, -0.2) is 17.2 Å². The van der Waals surface area contributed by atoms with Gasteiger partial charge in [0.05, 0.1) is 0 Å². The summed E-state index contributed by atoms with van der Waals surface area (Å²) in [5, 5.41) is 11.2. The second-order valence-electron chi connectivity index (χ2n) is 4.05. The normalized spacial score (nSPS) is 15.1. The molecular weight excluding hydrogens is 202 g/mol. The summed E-state index contributed by atoms with van der Waals surface area (Å²) in [6.45, 7) is 0. The molecule has 0 atom stereocenters. The van der Waals surface area contributed by atoms with E-state index in [0.29, 0.717) is 11.8 Å². The smallest absolute Gasteiger partial charge is 0.247 e. The van der Waals surface area contributed by atoms with E-state index < -0.39 is 0 Å². The molecule has 1 saturated carbocycles. The first-order valence-electron chi connectivity index (χ1n) is 5.48. The Hall–Kier alpha value is -1.84. The second-order valence-corrected chi connectivity index (χ2v) is 4.05. The third kappa shape index (κ3) is 1.66. The molecule has 0 spiro atoms. The quantitative estimate of drug-likeness (QED) is 0.855. The number of hydrogen-bond acceptors (Lipinski definition) is 4. The van der Waals surface area contributed by atoms with Gasteiger partial charge in [0.2, 0.25) is 11.8 Å². The first-order valence-corrected chi connectivity index (χ1v) is 5.48. The molecule has 1 aliphatic carbocycles. The van der Waals surface area contributed by atoms with E-state index in [4.69, 9.17) is 4.42 Å². The van der Waals surface area contributed by atoms with Gasteiger partial charge < -0.3 is 9.73 Å². The third-order valence-corrected chi connectivity index (χ3v) is 2.79. The van der Waals surface area contributed by atoms with E-state index in [1.54, 1.807) is 0 Å². The zero-order valence-corrected chi connectivity index (χ0v) is 9.10. The molecule has 1 N–H and O–H groups in total. The Balaban J connectivity index is 1.88. The Labute approximate surface area is 93.7 Å². The molecule has 1 aromatic heterocycles. The van der Waals surface area contributed by atoms with Crippen LogP contribution in [0.1, 0.15) is 24.7 Å². The topological polar surface area (TPSA) is 51.0 Å². The minimum absolute atomic E-state index is 0.512. The minimum Gasteiger partial charge on any atom is -0.420 e. The summed E-state index contributed by atoms with van der Waals surface area (Å²) in [5.74, 6) is 1.91. The zero-order valence-electron chi connectivity index (χ0n) is 9.10.